The van der Waals surface area contributed by atoms with Crippen molar-refractivity contribution < 1.29 is 9.90 Å². The Morgan fingerprint density at radius 1 is 1.00 bits per heavy atom. The first kappa shape index (κ1) is 23.1. The van der Waals surface area contributed by atoms with Gasteiger partial charge in [-0.1, -0.05) is 77.8 Å². The monoisotopic (exact) mass is 482 g/mol. The van der Waals surface area contributed by atoms with E-state index in [9.17, 15) is 15.3 Å². The molecule has 3 aromatic carbocycles. The molecular weight excluding hydrogens is 456 g/mol. The molecule has 0 bridgehead atoms. The first-order valence-electron chi connectivity index (χ1n) is 11.8. The number of ketones is 1. The minimum absolute atomic E-state index is 0.0111. The van der Waals surface area contributed by atoms with Crippen LogP contribution in [0.4, 0.5) is 5.69 Å². The average molecular weight is 483 g/mol. The number of allylic oxidation sites excluding steroid dienone is 2. The summed E-state index contributed by atoms with van der Waals surface area (Å²) in [6.07, 6.45) is 1.86. The molecule has 1 heterocycles. The van der Waals surface area contributed by atoms with Gasteiger partial charge >= 0.3 is 0 Å². The number of benzene rings is 3. The molecule has 0 unspecified atom stereocenters. The summed E-state index contributed by atoms with van der Waals surface area (Å²) < 4.78 is 0. The van der Waals surface area contributed by atoms with Gasteiger partial charge in [-0.05, 0) is 49.9 Å². The molecule has 3 aromatic rings. The number of carbonyl (C=O) groups excluding carboxylic acids is 1. The molecule has 0 amide bonds. The van der Waals surface area contributed by atoms with E-state index >= 15 is 0 Å². The van der Waals surface area contributed by atoms with E-state index in [1.54, 1.807) is 4.90 Å². The molecule has 0 aromatic heterocycles. The SMILES string of the molecule is Cc1ccc(/C(O)=C2\C(=N)N(c3ccc(C)c(Cl)c3)C3=C(C(=O)CCC3)[C@H]2c2ccccc2)cc1. The van der Waals surface area contributed by atoms with E-state index in [0.29, 0.717) is 40.3 Å². The summed E-state index contributed by atoms with van der Waals surface area (Å²) in [7, 11) is 0. The highest BCUT2D eigenvalue weighted by atomic mass is 35.5. The van der Waals surface area contributed by atoms with Gasteiger partial charge in [0.25, 0.3) is 0 Å². The Morgan fingerprint density at radius 2 is 1.71 bits per heavy atom. The van der Waals surface area contributed by atoms with Crippen LogP contribution in [0.1, 0.15) is 47.4 Å². The summed E-state index contributed by atoms with van der Waals surface area (Å²) >= 11 is 6.48. The van der Waals surface area contributed by atoms with Crippen LogP contribution in [0.25, 0.3) is 5.76 Å². The van der Waals surface area contributed by atoms with Crippen LogP contribution in [-0.2, 0) is 4.79 Å². The van der Waals surface area contributed by atoms with E-state index < -0.39 is 5.92 Å². The van der Waals surface area contributed by atoms with Crippen molar-refractivity contribution in [1.82, 2.24) is 0 Å². The van der Waals surface area contributed by atoms with Gasteiger partial charge in [0.2, 0.25) is 0 Å². The van der Waals surface area contributed by atoms with Crippen LogP contribution in [0.3, 0.4) is 0 Å². The van der Waals surface area contributed by atoms with Crippen LogP contribution < -0.4 is 4.90 Å². The van der Waals surface area contributed by atoms with Crippen LogP contribution in [0.5, 0.6) is 0 Å². The van der Waals surface area contributed by atoms with Gasteiger partial charge in [0, 0.05) is 45.5 Å². The predicted octanol–water partition coefficient (Wildman–Crippen LogP) is 7.51. The molecule has 1 aliphatic carbocycles. The van der Waals surface area contributed by atoms with E-state index in [4.69, 9.17) is 11.6 Å². The van der Waals surface area contributed by atoms with Gasteiger partial charge in [-0.3, -0.25) is 15.1 Å². The van der Waals surface area contributed by atoms with Gasteiger partial charge in [-0.15, -0.1) is 0 Å². The van der Waals surface area contributed by atoms with Crippen LogP contribution in [0.2, 0.25) is 5.02 Å². The molecule has 4 nitrogen and oxygen atoms in total. The lowest BCUT2D eigenvalue weighted by Gasteiger charge is -2.42. The molecule has 176 valence electrons. The van der Waals surface area contributed by atoms with Crippen LogP contribution >= 0.6 is 11.6 Å². The molecule has 35 heavy (non-hydrogen) atoms. The normalized spacial score (nSPS) is 19.6. The van der Waals surface area contributed by atoms with Crippen LogP contribution in [0, 0.1) is 19.3 Å². The van der Waals surface area contributed by atoms with Crippen molar-refractivity contribution in [3.63, 3.8) is 0 Å². The third-order valence-electron chi connectivity index (χ3n) is 6.88. The molecule has 0 saturated carbocycles. The van der Waals surface area contributed by atoms with Gasteiger partial charge in [-0.2, -0.15) is 0 Å². The maximum absolute atomic E-state index is 13.5. The molecule has 0 spiro atoms. The summed E-state index contributed by atoms with van der Waals surface area (Å²) in [6.45, 7) is 3.92. The number of rotatable bonds is 3. The average Bonchev–Trinajstić information content (AvgIpc) is 2.86. The zero-order valence-corrected chi connectivity index (χ0v) is 20.6. The molecule has 0 saturated heterocycles. The van der Waals surface area contributed by atoms with Gasteiger partial charge < -0.3 is 5.11 Å². The third kappa shape index (κ3) is 4.08. The second kappa shape index (κ2) is 9.20. The van der Waals surface area contributed by atoms with Crippen LogP contribution in [-0.4, -0.2) is 16.7 Å². The Bertz CT molecular complexity index is 1390. The number of Topliss-reactive ketones (excluding diaryl/α,β-unsaturated/α-hetero) is 1. The zero-order valence-electron chi connectivity index (χ0n) is 19.8. The van der Waals surface area contributed by atoms with Crippen molar-refractivity contribution in [2.24, 2.45) is 0 Å². The maximum Gasteiger partial charge on any atom is 0.161 e. The van der Waals surface area contributed by atoms with Crippen molar-refractivity contribution in [2.75, 3.05) is 4.90 Å². The van der Waals surface area contributed by atoms with Crippen molar-refractivity contribution in [1.29, 1.82) is 5.41 Å². The molecule has 2 aliphatic rings. The van der Waals surface area contributed by atoms with Gasteiger partial charge in [0.1, 0.15) is 11.6 Å². The van der Waals surface area contributed by atoms with E-state index in [1.165, 1.54) is 0 Å². The smallest absolute Gasteiger partial charge is 0.161 e. The predicted molar refractivity (Wildman–Crippen MR) is 142 cm³/mol. The molecule has 5 rings (SSSR count). The first-order valence-corrected chi connectivity index (χ1v) is 12.2. The number of hydrogen-bond donors (Lipinski definition) is 2. The Kier molecular flexibility index (Phi) is 6.08. The largest absolute Gasteiger partial charge is 0.507 e. The Labute approximate surface area is 210 Å². The Balaban J connectivity index is 1.82. The minimum Gasteiger partial charge on any atom is -0.507 e. The summed E-state index contributed by atoms with van der Waals surface area (Å²) in [6, 6.07) is 23.0. The molecule has 1 atom stereocenters. The number of carbonyl (C=O) groups is 1. The van der Waals surface area contributed by atoms with E-state index in [1.807, 2.05) is 86.6 Å². The van der Waals surface area contributed by atoms with E-state index in [-0.39, 0.29) is 17.4 Å². The highest BCUT2D eigenvalue weighted by Crippen LogP contribution is 2.48. The summed E-state index contributed by atoms with van der Waals surface area (Å²) in [5, 5.41) is 21.6. The quantitative estimate of drug-likeness (QED) is 0.379. The van der Waals surface area contributed by atoms with Crippen molar-refractivity contribution in [3.8, 4) is 0 Å². The molecule has 0 radical (unpaired) electrons. The zero-order chi connectivity index (χ0) is 24.7. The Morgan fingerprint density at radius 3 is 2.40 bits per heavy atom. The number of aryl methyl sites for hydroxylation is 2. The van der Waals surface area contributed by atoms with Gasteiger partial charge in [0.05, 0.1) is 0 Å². The Hall–Kier alpha value is -3.63. The highest BCUT2D eigenvalue weighted by Gasteiger charge is 2.43. The summed E-state index contributed by atoms with van der Waals surface area (Å²) in [5.41, 5.74) is 6.13. The summed E-state index contributed by atoms with van der Waals surface area (Å²) in [4.78, 5) is 15.3. The molecule has 1 aliphatic heterocycles. The molecule has 5 heteroatoms. The van der Waals surface area contributed by atoms with Crippen molar-refractivity contribution in [3.05, 3.63) is 117 Å². The molecular formula is C30H27ClN2O2. The number of aliphatic hydroxyl groups excluding tert-OH is 1. The number of aliphatic hydroxyl groups is 1. The second-order valence-electron chi connectivity index (χ2n) is 9.23. The highest BCUT2D eigenvalue weighted by molar-refractivity contribution is 6.32. The standard InChI is InChI=1S/C30H27ClN2O2/c1-18-11-14-21(15-12-18)29(35)28-26(20-7-4-3-5-8-20)27-24(9-6-10-25(27)34)33(30(28)32)22-16-13-19(2)23(31)17-22/h3-5,7-8,11-17,26,32,35H,6,9-10H2,1-2H3/b29-28+,32-30?/t26-/m1/s1. The minimum atomic E-state index is -0.523. The number of anilines is 1. The lowest BCUT2D eigenvalue weighted by molar-refractivity contribution is -0.116. The summed E-state index contributed by atoms with van der Waals surface area (Å²) in [5.74, 6) is -0.294. The topological polar surface area (TPSA) is 64.4 Å². The molecule has 0 fully saturated rings. The van der Waals surface area contributed by atoms with Gasteiger partial charge in [0.15, 0.2) is 5.78 Å². The fraction of sp³-hybridized carbons (Fsp3) is 0.200. The van der Waals surface area contributed by atoms with Crippen molar-refractivity contribution >= 4 is 34.7 Å². The van der Waals surface area contributed by atoms with Crippen LogP contribution in [0.15, 0.2) is 89.6 Å². The molecule has 2 N–H and O–H groups in total. The maximum atomic E-state index is 13.5. The first-order chi connectivity index (χ1) is 16.9. The van der Waals surface area contributed by atoms with Gasteiger partial charge in [-0.25, -0.2) is 0 Å². The number of amidine groups is 1. The van der Waals surface area contributed by atoms with E-state index in [2.05, 4.69) is 0 Å². The fourth-order valence-corrected chi connectivity index (χ4v) is 5.22. The number of nitrogens with one attached hydrogen (secondary N) is 1. The number of halogens is 1. The third-order valence-corrected chi connectivity index (χ3v) is 7.29. The number of nitrogens with zero attached hydrogens (tertiary/aromatic N) is 1. The van der Waals surface area contributed by atoms with Crippen molar-refractivity contribution in [2.45, 2.75) is 39.0 Å². The van der Waals surface area contributed by atoms with E-state index in [0.717, 1.165) is 28.8 Å². The fourth-order valence-electron chi connectivity index (χ4n) is 5.04. The lowest BCUT2D eigenvalue weighted by atomic mass is 9.73. The second-order valence-corrected chi connectivity index (χ2v) is 9.63. The lowest BCUT2D eigenvalue weighted by Crippen LogP contribution is -2.42. The number of hydrogen-bond acceptors (Lipinski definition) is 3.